The second-order valence-electron chi connectivity index (χ2n) is 8.23. The highest BCUT2D eigenvalue weighted by atomic mass is 32.2. The standard InChI is InChI=1S/C8H14N2O2S.C8H18NP/c1-8(2,3)13(11,12)7-5-10(4)6-9-7;1-8(2,3)10-9-6-4-5-7-9/h5-6H,1-4H3;10H,4-7H2,1-3H3/p+1. The molecule has 0 aliphatic carbocycles. The van der Waals surface area contributed by atoms with Crippen molar-refractivity contribution >= 4 is 18.6 Å². The second kappa shape index (κ2) is 7.62. The van der Waals surface area contributed by atoms with Gasteiger partial charge < -0.3 is 4.57 Å². The van der Waals surface area contributed by atoms with Crippen LogP contribution in [0.5, 0.6) is 0 Å². The number of imidazole rings is 1. The smallest absolute Gasteiger partial charge is 0.202 e. The van der Waals surface area contributed by atoms with Gasteiger partial charge in [0.2, 0.25) is 9.84 Å². The topological polar surface area (TPSA) is 55.2 Å². The Morgan fingerprint density at radius 3 is 1.96 bits per heavy atom. The first kappa shape index (κ1) is 20.6. The van der Waals surface area contributed by atoms with Crippen LogP contribution in [0.4, 0.5) is 0 Å². The summed E-state index contributed by atoms with van der Waals surface area (Å²) in [6.07, 6.45) is 5.87. The fourth-order valence-corrected chi connectivity index (χ4v) is 5.10. The minimum Gasteiger partial charge on any atom is -0.339 e. The minimum absolute atomic E-state index is 0.141. The largest absolute Gasteiger partial charge is 0.339 e. The molecule has 1 fully saturated rings. The predicted molar refractivity (Wildman–Crippen MR) is 100 cm³/mol. The van der Waals surface area contributed by atoms with Crippen LogP contribution in [0.2, 0.25) is 0 Å². The normalized spacial score (nSPS) is 17.5. The van der Waals surface area contributed by atoms with E-state index in [2.05, 4.69) is 30.4 Å². The van der Waals surface area contributed by atoms with Gasteiger partial charge in [0.05, 0.1) is 25.0 Å². The van der Waals surface area contributed by atoms with Gasteiger partial charge in [-0.1, -0.05) is 0 Å². The summed E-state index contributed by atoms with van der Waals surface area (Å²) in [5.41, 5.74) is 0. The number of aryl methyl sites for hydroxylation is 1. The minimum atomic E-state index is -3.29. The average molecular weight is 363 g/mol. The lowest BCUT2D eigenvalue weighted by Crippen LogP contribution is -2.28. The van der Waals surface area contributed by atoms with E-state index in [0.717, 1.165) is 0 Å². The maximum atomic E-state index is 11.8. The molecule has 2 rings (SSSR count). The van der Waals surface area contributed by atoms with E-state index < -0.39 is 14.6 Å². The third-order valence-electron chi connectivity index (χ3n) is 3.47. The molecule has 1 aromatic heterocycles. The summed E-state index contributed by atoms with van der Waals surface area (Å²) in [6, 6.07) is 0. The number of rotatable bonds is 2. The monoisotopic (exact) mass is 362 g/mol. The van der Waals surface area contributed by atoms with Gasteiger partial charge in [-0.05, 0) is 54.4 Å². The summed E-state index contributed by atoms with van der Waals surface area (Å²) in [4.78, 5) is 3.83. The molecule has 1 aliphatic heterocycles. The van der Waals surface area contributed by atoms with E-state index in [4.69, 9.17) is 0 Å². The average Bonchev–Trinajstić information content (AvgIpc) is 2.98. The number of hydrogen-bond donors (Lipinski definition) is 0. The van der Waals surface area contributed by atoms with E-state index in [-0.39, 0.29) is 5.03 Å². The highest BCUT2D eigenvalue weighted by Crippen LogP contribution is 2.36. The van der Waals surface area contributed by atoms with Gasteiger partial charge in [0.1, 0.15) is 0 Å². The summed E-state index contributed by atoms with van der Waals surface area (Å²) >= 11 is 0. The molecule has 1 aromatic rings. The Bertz CT molecular complexity index is 592. The van der Waals surface area contributed by atoms with Crippen molar-refractivity contribution in [1.29, 1.82) is 0 Å². The summed E-state index contributed by atoms with van der Waals surface area (Å²) in [5.74, 6) is 0. The number of nitrogens with zero attached hydrogens (tertiary/aromatic N) is 3. The highest BCUT2D eigenvalue weighted by molar-refractivity contribution is 7.92. The van der Waals surface area contributed by atoms with Gasteiger partial charge >= 0.3 is 0 Å². The molecule has 23 heavy (non-hydrogen) atoms. The highest BCUT2D eigenvalue weighted by Gasteiger charge is 2.32. The SMILES string of the molecule is CC(C)(C)[PH2+]N1CCCC1.Cn1cnc(S(=O)(=O)C(C)(C)C)c1. The van der Waals surface area contributed by atoms with Gasteiger partial charge in [-0.25, -0.2) is 13.4 Å². The maximum Gasteiger partial charge on any atom is 0.202 e. The van der Waals surface area contributed by atoms with Crippen molar-refractivity contribution < 1.29 is 8.42 Å². The molecule has 7 heteroatoms. The fraction of sp³-hybridized carbons (Fsp3) is 0.812. The van der Waals surface area contributed by atoms with E-state index in [1.807, 2.05) is 0 Å². The van der Waals surface area contributed by atoms with Crippen molar-refractivity contribution in [1.82, 2.24) is 14.2 Å². The third-order valence-corrected chi connectivity index (χ3v) is 7.50. The zero-order valence-electron chi connectivity index (χ0n) is 15.6. The van der Waals surface area contributed by atoms with Gasteiger partial charge in [-0.3, -0.25) is 0 Å². The Kier molecular flexibility index (Phi) is 6.83. The summed E-state index contributed by atoms with van der Waals surface area (Å²) in [7, 11) is -0.999. The molecule has 0 spiro atoms. The first-order chi connectivity index (χ1) is 10.3. The third kappa shape index (κ3) is 6.52. The molecule has 134 valence electrons. The maximum absolute atomic E-state index is 11.8. The predicted octanol–water partition coefficient (Wildman–Crippen LogP) is 3.20. The van der Waals surface area contributed by atoms with Gasteiger partial charge in [-0.2, -0.15) is 4.67 Å². The Balaban J connectivity index is 0.000000238. The molecule has 1 atom stereocenters. The van der Waals surface area contributed by atoms with Gasteiger partial charge in [0.25, 0.3) is 0 Å². The number of aromatic nitrogens is 2. The van der Waals surface area contributed by atoms with Crippen LogP contribution in [-0.4, -0.2) is 45.6 Å². The van der Waals surface area contributed by atoms with Crippen LogP contribution in [0.3, 0.4) is 0 Å². The van der Waals surface area contributed by atoms with Gasteiger partial charge in [0, 0.05) is 26.3 Å². The number of hydrogen-bond acceptors (Lipinski definition) is 4. The van der Waals surface area contributed by atoms with Crippen molar-refractivity contribution in [3.63, 3.8) is 0 Å². The molecule has 0 aromatic carbocycles. The van der Waals surface area contributed by atoms with Crippen LogP contribution in [0, 0.1) is 0 Å². The molecule has 0 bridgehead atoms. The molecule has 0 N–H and O–H groups in total. The van der Waals surface area contributed by atoms with E-state index >= 15 is 0 Å². The fourth-order valence-electron chi connectivity index (χ4n) is 2.26. The van der Waals surface area contributed by atoms with Crippen molar-refractivity contribution in [2.75, 3.05) is 13.1 Å². The van der Waals surface area contributed by atoms with Crippen LogP contribution in [0.15, 0.2) is 17.6 Å². The lowest BCUT2D eigenvalue weighted by atomic mass is 10.3. The molecular formula is C16H33N3O2PS+. The van der Waals surface area contributed by atoms with Crippen molar-refractivity contribution in [2.24, 2.45) is 7.05 Å². The second-order valence-corrected chi connectivity index (χ2v) is 13.6. The Morgan fingerprint density at radius 2 is 1.61 bits per heavy atom. The van der Waals surface area contributed by atoms with E-state index in [1.54, 1.807) is 32.4 Å². The van der Waals surface area contributed by atoms with Crippen LogP contribution in [0.1, 0.15) is 54.4 Å². The van der Waals surface area contributed by atoms with E-state index in [0.29, 0.717) is 13.9 Å². The van der Waals surface area contributed by atoms with Crippen molar-refractivity contribution in [2.45, 2.75) is 69.3 Å². The lowest BCUT2D eigenvalue weighted by Gasteiger charge is -2.17. The summed E-state index contributed by atoms with van der Waals surface area (Å²) in [6.45, 7) is 14.8. The molecule has 1 unspecified atom stereocenters. The van der Waals surface area contributed by atoms with E-state index in [9.17, 15) is 8.42 Å². The molecular weight excluding hydrogens is 329 g/mol. The Hall–Kier alpha value is -0.450. The van der Waals surface area contributed by atoms with E-state index in [1.165, 1.54) is 38.5 Å². The molecule has 0 amide bonds. The first-order valence-electron chi connectivity index (χ1n) is 8.16. The van der Waals surface area contributed by atoms with Crippen LogP contribution >= 0.6 is 8.73 Å². The summed E-state index contributed by atoms with van der Waals surface area (Å²) < 4.78 is 27.1. The van der Waals surface area contributed by atoms with Crippen molar-refractivity contribution in [3.05, 3.63) is 12.5 Å². The van der Waals surface area contributed by atoms with Crippen molar-refractivity contribution in [3.8, 4) is 0 Å². The molecule has 1 aliphatic rings. The molecule has 0 radical (unpaired) electrons. The molecule has 5 nitrogen and oxygen atoms in total. The van der Waals surface area contributed by atoms with Gasteiger partial charge in [-0.15, -0.1) is 0 Å². The van der Waals surface area contributed by atoms with Crippen LogP contribution < -0.4 is 0 Å². The number of sulfone groups is 1. The Labute approximate surface area is 143 Å². The molecule has 1 saturated heterocycles. The summed E-state index contributed by atoms with van der Waals surface area (Å²) in [5, 5.41) is 0.715. The molecule has 2 heterocycles. The lowest BCUT2D eigenvalue weighted by molar-refractivity contribution is 0.555. The van der Waals surface area contributed by atoms with Crippen LogP contribution in [-0.2, 0) is 16.9 Å². The quantitative estimate of drug-likeness (QED) is 0.758. The first-order valence-corrected chi connectivity index (χ1v) is 10.7. The van der Waals surface area contributed by atoms with Gasteiger partial charge in [0.15, 0.2) is 5.03 Å². The zero-order valence-corrected chi connectivity index (χ0v) is 17.6. The van der Waals surface area contributed by atoms with Crippen LogP contribution in [0.25, 0.3) is 0 Å². The Morgan fingerprint density at radius 1 is 1.09 bits per heavy atom. The molecule has 0 saturated carbocycles. The zero-order chi connectivity index (χ0) is 17.9.